The Morgan fingerprint density at radius 3 is 2.52 bits per heavy atom. The number of anilines is 1. The monoisotopic (exact) mass is 336 g/mol. The molecule has 2 amide bonds. The maximum absolute atomic E-state index is 12.0. The Kier molecular flexibility index (Phi) is 5.42. The molecule has 1 aliphatic heterocycles. The predicted molar refractivity (Wildman–Crippen MR) is 93.8 cm³/mol. The number of piperidine rings is 1. The fraction of sp³-hybridized carbons (Fsp3) is 0.333. The molecular formula is C18H20N6O. The van der Waals surface area contributed by atoms with Gasteiger partial charge >= 0.3 is 6.03 Å². The summed E-state index contributed by atoms with van der Waals surface area (Å²) >= 11 is 0. The van der Waals surface area contributed by atoms with Gasteiger partial charge in [-0.05, 0) is 36.6 Å². The van der Waals surface area contributed by atoms with E-state index in [9.17, 15) is 4.79 Å². The molecule has 25 heavy (non-hydrogen) atoms. The van der Waals surface area contributed by atoms with Gasteiger partial charge in [-0.25, -0.2) is 14.8 Å². The van der Waals surface area contributed by atoms with Crippen molar-refractivity contribution in [3.8, 4) is 6.07 Å². The van der Waals surface area contributed by atoms with Gasteiger partial charge in [0.25, 0.3) is 0 Å². The molecule has 0 aliphatic carbocycles. The minimum absolute atomic E-state index is 0.154. The molecule has 0 atom stereocenters. The minimum atomic E-state index is -0.168. The summed E-state index contributed by atoms with van der Waals surface area (Å²) < 4.78 is 0. The summed E-state index contributed by atoms with van der Waals surface area (Å²) in [6, 6.07) is 11.0. The van der Waals surface area contributed by atoms with Crippen LogP contribution < -0.4 is 15.5 Å². The van der Waals surface area contributed by atoms with Gasteiger partial charge in [0, 0.05) is 38.1 Å². The first-order valence-corrected chi connectivity index (χ1v) is 8.30. The van der Waals surface area contributed by atoms with Gasteiger partial charge in [0.15, 0.2) is 0 Å². The minimum Gasteiger partial charge on any atom is -0.341 e. The number of nitrogens with zero attached hydrogens (tertiary/aromatic N) is 4. The lowest BCUT2D eigenvalue weighted by Gasteiger charge is -2.32. The van der Waals surface area contributed by atoms with Crippen molar-refractivity contribution >= 4 is 12.0 Å². The first kappa shape index (κ1) is 16.7. The number of carbonyl (C=O) groups is 1. The highest BCUT2D eigenvalue weighted by Crippen LogP contribution is 2.15. The molecular weight excluding hydrogens is 316 g/mol. The van der Waals surface area contributed by atoms with Gasteiger partial charge in [0.2, 0.25) is 5.95 Å². The van der Waals surface area contributed by atoms with Crippen molar-refractivity contribution < 1.29 is 4.79 Å². The summed E-state index contributed by atoms with van der Waals surface area (Å²) in [7, 11) is 0. The van der Waals surface area contributed by atoms with Crippen molar-refractivity contribution in [1.29, 1.82) is 5.26 Å². The second-order valence-corrected chi connectivity index (χ2v) is 5.95. The van der Waals surface area contributed by atoms with Crippen molar-refractivity contribution in [2.24, 2.45) is 0 Å². The van der Waals surface area contributed by atoms with E-state index in [4.69, 9.17) is 5.26 Å². The van der Waals surface area contributed by atoms with E-state index in [1.807, 2.05) is 12.1 Å². The Hall–Kier alpha value is -3.14. The van der Waals surface area contributed by atoms with E-state index < -0.39 is 0 Å². The van der Waals surface area contributed by atoms with Gasteiger partial charge in [-0.2, -0.15) is 5.26 Å². The molecule has 0 unspecified atom stereocenters. The third-order valence-electron chi connectivity index (χ3n) is 4.20. The Labute approximate surface area is 146 Å². The van der Waals surface area contributed by atoms with Crippen LogP contribution in [0.1, 0.15) is 24.0 Å². The van der Waals surface area contributed by atoms with E-state index in [1.165, 1.54) is 0 Å². The Morgan fingerprint density at radius 1 is 1.20 bits per heavy atom. The fourth-order valence-electron chi connectivity index (χ4n) is 2.79. The zero-order chi connectivity index (χ0) is 17.5. The van der Waals surface area contributed by atoms with Crippen molar-refractivity contribution in [2.75, 3.05) is 18.0 Å². The molecule has 1 aromatic heterocycles. The lowest BCUT2D eigenvalue weighted by molar-refractivity contribution is 0.234. The van der Waals surface area contributed by atoms with Crippen LogP contribution in [0.3, 0.4) is 0 Å². The number of carbonyl (C=O) groups excluding carboxylic acids is 1. The lowest BCUT2D eigenvalue weighted by Crippen LogP contribution is -2.48. The van der Waals surface area contributed by atoms with Crippen LogP contribution in [0.4, 0.5) is 10.7 Å². The van der Waals surface area contributed by atoms with Crippen LogP contribution in [0.5, 0.6) is 0 Å². The summed E-state index contributed by atoms with van der Waals surface area (Å²) in [6.07, 6.45) is 5.21. The summed E-state index contributed by atoms with van der Waals surface area (Å²) in [4.78, 5) is 22.7. The zero-order valence-electron chi connectivity index (χ0n) is 13.9. The molecule has 2 heterocycles. The number of amides is 2. The third kappa shape index (κ3) is 4.67. The average molecular weight is 336 g/mol. The molecule has 3 rings (SSSR count). The van der Waals surface area contributed by atoms with E-state index in [1.54, 1.807) is 30.6 Å². The van der Waals surface area contributed by atoms with Crippen LogP contribution in [0.25, 0.3) is 0 Å². The van der Waals surface area contributed by atoms with E-state index in [0.717, 1.165) is 37.4 Å². The number of hydrogen-bond donors (Lipinski definition) is 2. The van der Waals surface area contributed by atoms with Crippen molar-refractivity contribution in [1.82, 2.24) is 20.6 Å². The van der Waals surface area contributed by atoms with E-state index >= 15 is 0 Å². The molecule has 7 nitrogen and oxygen atoms in total. The van der Waals surface area contributed by atoms with Gasteiger partial charge in [-0.1, -0.05) is 12.1 Å². The molecule has 0 bridgehead atoms. The largest absolute Gasteiger partial charge is 0.341 e. The van der Waals surface area contributed by atoms with Crippen LogP contribution in [0, 0.1) is 11.3 Å². The molecule has 1 aromatic carbocycles. The standard InChI is InChI=1S/C18H20N6O/c19-12-14-2-4-15(5-3-14)13-22-18(25)23-16-6-10-24(11-7-16)17-20-8-1-9-21-17/h1-5,8-9,16H,6-7,10-11,13H2,(H2,22,23,25). The number of urea groups is 1. The number of rotatable bonds is 4. The summed E-state index contributed by atoms with van der Waals surface area (Å²) in [5.41, 5.74) is 1.58. The van der Waals surface area contributed by atoms with Gasteiger partial charge in [0.05, 0.1) is 11.6 Å². The topological polar surface area (TPSA) is 93.9 Å². The number of nitrogens with one attached hydrogen (secondary N) is 2. The Balaban J connectivity index is 1.41. The molecule has 1 saturated heterocycles. The maximum Gasteiger partial charge on any atom is 0.315 e. The van der Waals surface area contributed by atoms with Crippen LogP contribution >= 0.6 is 0 Å². The highest BCUT2D eigenvalue weighted by Gasteiger charge is 2.21. The number of hydrogen-bond acceptors (Lipinski definition) is 5. The third-order valence-corrected chi connectivity index (χ3v) is 4.20. The van der Waals surface area contributed by atoms with Gasteiger partial charge in [0.1, 0.15) is 0 Å². The van der Waals surface area contributed by atoms with Crippen LogP contribution in [0.2, 0.25) is 0 Å². The molecule has 2 aromatic rings. The van der Waals surface area contributed by atoms with Gasteiger partial charge in [-0.15, -0.1) is 0 Å². The van der Waals surface area contributed by atoms with Gasteiger partial charge in [-0.3, -0.25) is 0 Å². The first-order valence-electron chi connectivity index (χ1n) is 8.30. The molecule has 0 spiro atoms. The first-order chi connectivity index (χ1) is 12.2. The zero-order valence-corrected chi connectivity index (χ0v) is 13.9. The highest BCUT2D eigenvalue weighted by atomic mass is 16.2. The lowest BCUT2D eigenvalue weighted by atomic mass is 10.1. The molecule has 1 fully saturated rings. The van der Waals surface area contributed by atoms with Crippen LogP contribution in [0.15, 0.2) is 42.7 Å². The van der Waals surface area contributed by atoms with Crippen LogP contribution in [-0.4, -0.2) is 35.1 Å². The molecule has 128 valence electrons. The molecule has 7 heteroatoms. The molecule has 0 radical (unpaired) electrons. The van der Waals surface area contributed by atoms with E-state index in [0.29, 0.717) is 12.1 Å². The second-order valence-electron chi connectivity index (χ2n) is 5.95. The van der Waals surface area contributed by atoms with Gasteiger partial charge < -0.3 is 15.5 Å². The summed E-state index contributed by atoms with van der Waals surface area (Å²) in [6.45, 7) is 2.09. The summed E-state index contributed by atoms with van der Waals surface area (Å²) in [5, 5.41) is 14.6. The number of nitriles is 1. The second kappa shape index (κ2) is 8.11. The van der Waals surface area contributed by atoms with Crippen molar-refractivity contribution in [2.45, 2.75) is 25.4 Å². The predicted octanol–water partition coefficient (Wildman–Crippen LogP) is 1.82. The quantitative estimate of drug-likeness (QED) is 0.888. The number of aromatic nitrogens is 2. The molecule has 2 N–H and O–H groups in total. The average Bonchev–Trinajstić information content (AvgIpc) is 2.68. The highest BCUT2D eigenvalue weighted by molar-refractivity contribution is 5.74. The SMILES string of the molecule is N#Cc1ccc(CNC(=O)NC2CCN(c3ncccn3)CC2)cc1. The normalized spacial score (nSPS) is 14.6. The number of benzene rings is 1. The fourth-order valence-corrected chi connectivity index (χ4v) is 2.79. The maximum atomic E-state index is 12.0. The van der Waals surface area contributed by atoms with Crippen LogP contribution in [-0.2, 0) is 6.54 Å². The molecule has 0 saturated carbocycles. The summed E-state index contributed by atoms with van der Waals surface area (Å²) in [5.74, 6) is 0.742. The van der Waals surface area contributed by atoms with Crippen molar-refractivity contribution in [3.63, 3.8) is 0 Å². The Morgan fingerprint density at radius 2 is 1.88 bits per heavy atom. The smallest absolute Gasteiger partial charge is 0.315 e. The van der Waals surface area contributed by atoms with Crippen molar-refractivity contribution in [3.05, 3.63) is 53.9 Å². The van der Waals surface area contributed by atoms with E-state index in [-0.39, 0.29) is 12.1 Å². The van der Waals surface area contributed by atoms with E-state index in [2.05, 4.69) is 31.6 Å². The molecule has 1 aliphatic rings. The Bertz CT molecular complexity index is 732.